The smallest absolute Gasteiger partial charge is 0.328 e. The fraction of sp³-hybridized carbons (Fsp3) is 0.556. The second kappa shape index (κ2) is 3.72. The van der Waals surface area contributed by atoms with Crippen molar-refractivity contribution in [2.75, 3.05) is 26.2 Å². The van der Waals surface area contributed by atoms with Crippen molar-refractivity contribution in [1.82, 2.24) is 30.1 Å². The van der Waals surface area contributed by atoms with Crippen LogP contribution in [0.2, 0.25) is 0 Å². The van der Waals surface area contributed by atoms with Crippen LogP contribution in [0.3, 0.4) is 0 Å². The summed E-state index contributed by atoms with van der Waals surface area (Å²) in [6.07, 6.45) is 3.38. The molecule has 8 heteroatoms. The van der Waals surface area contributed by atoms with Crippen LogP contribution < -0.4 is 5.32 Å². The minimum atomic E-state index is -0.306. The summed E-state index contributed by atoms with van der Waals surface area (Å²) in [4.78, 5) is 26.1. The number of nitrogens with one attached hydrogen (secondary N) is 1. The molecule has 0 atom stereocenters. The lowest BCUT2D eigenvalue weighted by atomic mass is 10.1. The Bertz CT molecular complexity index is 438. The van der Waals surface area contributed by atoms with E-state index in [9.17, 15) is 9.59 Å². The Kier molecular flexibility index (Phi) is 2.20. The Morgan fingerprint density at radius 3 is 2.88 bits per heavy atom. The standard InChI is InChI=1S/C9H12N6O2/c16-8-10-1-3-14(8)9(17)13-5-7(6-13)15-4-2-11-12-15/h2,4,7H,1,3,5-6H2,(H,10,16). The Balaban J connectivity index is 1.58. The molecule has 4 amide bonds. The molecule has 0 saturated carbocycles. The molecule has 1 aromatic rings. The Morgan fingerprint density at radius 2 is 2.29 bits per heavy atom. The van der Waals surface area contributed by atoms with Crippen molar-refractivity contribution in [3.63, 3.8) is 0 Å². The van der Waals surface area contributed by atoms with Crippen molar-refractivity contribution in [1.29, 1.82) is 0 Å². The largest absolute Gasteiger partial charge is 0.336 e. The Labute approximate surface area is 97.2 Å². The highest BCUT2D eigenvalue weighted by Gasteiger charge is 2.38. The quantitative estimate of drug-likeness (QED) is 0.697. The van der Waals surface area contributed by atoms with Crippen molar-refractivity contribution >= 4 is 12.1 Å². The monoisotopic (exact) mass is 236 g/mol. The molecule has 2 fully saturated rings. The number of hydrogen-bond donors (Lipinski definition) is 1. The number of amides is 4. The van der Waals surface area contributed by atoms with Gasteiger partial charge in [0.15, 0.2) is 0 Å². The van der Waals surface area contributed by atoms with Gasteiger partial charge in [-0.1, -0.05) is 5.21 Å². The van der Waals surface area contributed by atoms with Crippen LogP contribution in [-0.2, 0) is 0 Å². The van der Waals surface area contributed by atoms with Gasteiger partial charge in [0.05, 0.1) is 12.2 Å². The van der Waals surface area contributed by atoms with E-state index in [-0.39, 0.29) is 18.1 Å². The number of nitrogens with zero attached hydrogens (tertiary/aromatic N) is 5. The van der Waals surface area contributed by atoms with Crippen molar-refractivity contribution in [2.24, 2.45) is 0 Å². The summed E-state index contributed by atoms with van der Waals surface area (Å²) in [6.45, 7) is 2.13. The van der Waals surface area contributed by atoms with Crippen molar-refractivity contribution in [3.05, 3.63) is 12.4 Å². The van der Waals surface area contributed by atoms with Crippen LogP contribution in [-0.4, -0.2) is 63.0 Å². The van der Waals surface area contributed by atoms with Gasteiger partial charge in [-0.25, -0.2) is 19.2 Å². The predicted octanol–water partition coefficient (Wildman–Crippen LogP) is -0.720. The minimum Gasteiger partial charge on any atom is -0.336 e. The summed E-state index contributed by atoms with van der Waals surface area (Å²) in [7, 11) is 0. The van der Waals surface area contributed by atoms with Crippen molar-refractivity contribution in [3.8, 4) is 0 Å². The van der Waals surface area contributed by atoms with Gasteiger partial charge in [-0.2, -0.15) is 0 Å². The van der Waals surface area contributed by atoms with Crippen LogP contribution in [0, 0.1) is 0 Å². The fourth-order valence-electron chi connectivity index (χ4n) is 2.02. The molecule has 90 valence electrons. The van der Waals surface area contributed by atoms with Crippen LogP contribution in [0.5, 0.6) is 0 Å². The Hall–Kier alpha value is -2.12. The number of urea groups is 2. The first-order chi connectivity index (χ1) is 8.25. The molecular formula is C9H12N6O2. The van der Waals surface area contributed by atoms with Crippen LogP contribution in [0.15, 0.2) is 12.4 Å². The fourth-order valence-corrected chi connectivity index (χ4v) is 2.02. The molecule has 2 aliphatic rings. The molecule has 0 bridgehead atoms. The highest BCUT2D eigenvalue weighted by Crippen LogP contribution is 2.21. The molecule has 8 nitrogen and oxygen atoms in total. The number of likely N-dealkylation sites (tertiary alicyclic amines) is 1. The van der Waals surface area contributed by atoms with E-state index >= 15 is 0 Å². The number of rotatable bonds is 1. The zero-order chi connectivity index (χ0) is 11.8. The third-order valence-electron chi connectivity index (χ3n) is 3.04. The van der Waals surface area contributed by atoms with Gasteiger partial charge in [-0.15, -0.1) is 5.10 Å². The third kappa shape index (κ3) is 1.61. The molecule has 2 aliphatic heterocycles. The maximum atomic E-state index is 11.9. The first-order valence-corrected chi connectivity index (χ1v) is 5.46. The van der Waals surface area contributed by atoms with Crippen LogP contribution >= 0.6 is 0 Å². The van der Waals surface area contributed by atoms with Crippen LogP contribution in [0.4, 0.5) is 9.59 Å². The van der Waals surface area contributed by atoms with Gasteiger partial charge < -0.3 is 10.2 Å². The van der Waals surface area contributed by atoms with Gasteiger partial charge in [-0.05, 0) is 0 Å². The van der Waals surface area contributed by atoms with Gasteiger partial charge in [0, 0.05) is 32.4 Å². The van der Waals surface area contributed by atoms with Crippen molar-refractivity contribution < 1.29 is 9.59 Å². The zero-order valence-corrected chi connectivity index (χ0v) is 9.11. The van der Waals surface area contributed by atoms with Gasteiger partial charge in [0.2, 0.25) is 0 Å². The summed E-state index contributed by atoms with van der Waals surface area (Å²) in [5.41, 5.74) is 0. The third-order valence-corrected chi connectivity index (χ3v) is 3.04. The minimum absolute atomic E-state index is 0.173. The number of imide groups is 1. The molecule has 17 heavy (non-hydrogen) atoms. The first-order valence-electron chi connectivity index (χ1n) is 5.46. The lowest BCUT2D eigenvalue weighted by Gasteiger charge is -2.39. The molecule has 0 radical (unpaired) electrons. The van der Waals surface area contributed by atoms with Crippen molar-refractivity contribution in [2.45, 2.75) is 6.04 Å². The number of hydrogen-bond acceptors (Lipinski definition) is 4. The molecule has 3 heterocycles. The van der Waals surface area contributed by atoms with E-state index in [1.165, 1.54) is 4.90 Å². The van der Waals surface area contributed by atoms with Gasteiger partial charge in [0.1, 0.15) is 0 Å². The average molecular weight is 236 g/mol. The van der Waals surface area contributed by atoms with E-state index in [1.807, 2.05) is 0 Å². The van der Waals surface area contributed by atoms with Crippen LogP contribution in [0.1, 0.15) is 6.04 Å². The molecule has 0 unspecified atom stereocenters. The lowest BCUT2D eigenvalue weighted by Crippen LogP contribution is -2.56. The maximum absolute atomic E-state index is 11.9. The summed E-state index contributed by atoms with van der Waals surface area (Å²) in [6, 6.07) is -0.359. The maximum Gasteiger partial charge on any atom is 0.328 e. The van der Waals surface area contributed by atoms with E-state index in [4.69, 9.17) is 0 Å². The zero-order valence-electron chi connectivity index (χ0n) is 9.11. The van der Waals surface area contributed by atoms with E-state index < -0.39 is 0 Å². The van der Waals surface area contributed by atoms with Gasteiger partial charge in [-0.3, -0.25) is 0 Å². The van der Waals surface area contributed by atoms with E-state index in [0.29, 0.717) is 26.2 Å². The topological polar surface area (TPSA) is 83.4 Å². The second-order valence-electron chi connectivity index (χ2n) is 4.11. The normalized spacial score (nSPS) is 20.4. The van der Waals surface area contributed by atoms with Gasteiger partial charge >= 0.3 is 12.1 Å². The Morgan fingerprint density at radius 1 is 1.47 bits per heavy atom. The SMILES string of the molecule is O=C1NCCN1C(=O)N1CC(n2ccnn2)C1. The molecule has 2 saturated heterocycles. The second-order valence-corrected chi connectivity index (χ2v) is 4.11. The highest BCUT2D eigenvalue weighted by molar-refractivity contribution is 5.95. The molecule has 1 N–H and O–H groups in total. The summed E-state index contributed by atoms with van der Waals surface area (Å²) < 4.78 is 1.73. The summed E-state index contributed by atoms with van der Waals surface area (Å²) >= 11 is 0. The molecule has 0 aliphatic carbocycles. The molecule has 3 rings (SSSR count). The van der Waals surface area contributed by atoms with E-state index in [1.54, 1.807) is 22.0 Å². The highest BCUT2D eigenvalue weighted by atomic mass is 16.2. The summed E-state index contributed by atoms with van der Waals surface area (Å²) in [5, 5.41) is 10.2. The first kappa shape index (κ1) is 10.1. The molecule has 1 aromatic heterocycles. The van der Waals surface area contributed by atoms with E-state index in [2.05, 4.69) is 15.6 Å². The number of carbonyl (C=O) groups excluding carboxylic acids is 2. The number of carbonyl (C=O) groups is 2. The number of aromatic nitrogens is 3. The summed E-state index contributed by atoms with van der Waals surface area (Å²) in [5.74, 6) is 0. The lowest BCUT2D eigenvalue weighted by molar-refractivity contribution is 0.0987. The van der Waals surface area contributed by atoms with Crippen LogP contribution in [0.25, 0.3) is 0 Å². The van der Waals surface area contributed by atoms with E-state index in [0.717, 1.165) is 0 Å². The molecular weight excluding hydrogens is 224 g/mol. The predicted molar refractivity (Wildman–Crippen MR) is 56.1 cm³/mol. The average Bonchev–Trinajstić information content (AvgIpc) is 2.86. The molecule has 0 aromatic carbocycles. The van der Waals surface area contributed by atoms with Gasteiger partial charge in [0.25, 0.3) is 0 Å². The molecule has 0 spiro atoms.